The molecule has 1 aromatic heterocycles. The van der Waals surface area contributed by atoms with Crippen LogP contribution in [0.1, 0.15) is 10.4 Å². The minimum atomic E-state index is -3.63. The van der Waals surface area contributed by atoms with Gasteiger partial charge in [0, 0.05) is 28.6 Å². The number of hydrogen-bond donors (Lipinski definition) is 1. The van der Waals surface area contributed by atoms with Crippen LogP contribution in [0.25, 0.3) is 11.0 Å². The van der Waals surface area contributed by atoms with E-state index < -0.39 is 21.6 Å². The van der Waals surface area contributed by atoms with Gasteiger partial charge in [0.2, 0.25) is 10.0 Å². The lowest BCUT2D eigenvalue weighted by Crippen LogP contribution is -2.40. The molecule has 0 unspecified atom stereocenters. The molecule has 1 fully saturated rings. The molecule has 162 valence electrons. The van der Waals surface area contributed by atoms with Gasteiger partial charge in [-0.25, -0.2) is 13.2 Å². The van der Waals surface area contributed by atoms with Crippen molar-refractivity contribution < 1.29 is 22.4 Å². The van der Waals surface area contributed by atoms with Crippen molar-refractivity contribution in [2.24, 2.45) is 0 Å². The summed E-state index contributed by atoms with van der Waals surface area (Å²) in [6, 6.07) is 10.7. The number of carbonyl (C=O) groups is 1. The van der Waals surface area contributed by atoms with Crippen LogP contribution >= 0.6 is 31.9 Å². The Hall–Kier alpha value is -2.05. The maximum Gasteiger partial charge on any atom is 0.349 e. The van der Waals surface area contributed by atoms with Crippen LogP contribution in [-0.4, -0.2) is 44.9 Å². The Kier molecular flexibility index (Phi) is 6.31. The van der Waals surface area contributed by atoms with Crippen molar-refractivity contribution in [2.75, 3.05) is 31.6 Å². The number of sulfonamides is 1. The maximum atomic E-state index is 12.7. The molecule has 3 aromatic rings. The highest BCUT2D eigenvalue weighted by molar-refractivity contribution is 9.11. The number of hydrogen-bond acceptors (Lipinski definition) is 6. The Morgan fingerprint density at radius 2 is 1.71 bits per heavy atom. The first-order valence-corrected chi connectivity index (χ1v) is 12.2. The highest BCUT2D eigenvalue weighted by Gasteiger charge is 2.26. The average Bonchev–Trinajstić information content (AvgIpc) is 2.75. The number of amides is 1. The third-order valence-electron chi connectivity index (χ3n) is 4.72. The van der Waals surface area contributed by atoms with Gasteiger partial charge >= 0.3 is 5.63 Å². The number of fused-ring (bicyclic) bond motifs is 1. The number of ether oxygens (including phenoxy) is 1. The maximum absolute atomic E-state index is 12.7. The van der Waals surface area contributed by atoms with E-state index in [4.69, 9.17) is 9.15 Å². The molecule has 1 amide bonds. The number of anilines is 1. The molecule has 2 heterocycles. The molecule has 1 saturated heterocycles. The molecule has 31 heavy (non-hydrogen) atoms. The smallest absolute Gasteiger partial charge is 0.349 e. The molecular weight excluding hydrogens is 556 g/mol. The summed E-state index contributed by atoms with van der Waals surface area (Å²) in [4.78, 5) is 25.1. The van der Waals surface area contributed by atoms with Gasteiger partial charge in [0.15, 0.2) is 5.58 Å². The molecule has 0 radical (unpaired) electrons. The highest BCUT2D eigenvalue weighted by atomic mass is 79.9. The fraction of sp³-hybridized carbons (Fsp3) is 0.200. The van der Waals surface area contributed by atoms with Crippen molar-refractivity contribution in [1.82, 2.24) is 4.31 Å². The summed E-state index contributed by atoms with van der Waals surface area (Å²) in [6.45, 7) is 1.30. The predicted molar refractivity (Wildman–Crippen MR) is 122 cm³/mol. The van der Waals surface area contributed by atoms with Crippen molar-refractivity contribution in [3.05, 3.63) is 67.4 Å². The molecule has 1 aliphatic heterocycles. The quantitative estimate of drug-likeness (QED) is 0.480. The van der Waals surface area contributed by atoms with Gasteiger partial charge in [-0.2, -0.15) is 4.31 Å². The Morgan fingerprint density at radius 1 is 1.03 bits per heavy atom. The largest absolute Gasteiger partial charge is 0.421 e. The number of morpholine rings is 1. The summed E-state index contributed by atoms with van der Waals surface area (Å²) < 4.78 is 38.6. The van der Waals surface area contributed by atoms with Gasteiger partial charge < -0.3 is 14.5 Å². The lowest BCUT2D eigenvalue weighted by atomic mass is 10.1. The number of nitrogens with one attached hydrogen (secondary N) is 1. The predicted octanol–water partition coefficient (Wildman–Crippen LogP) is 3.59. The molecule has 2 aromatic carbocycles. The van der Waals surface area contributed by atoms with Crippen LogP contribution in [-0.2, 0) is 14.8 Å². The van der Waals surface area contributed by atoms with Gasteiger partial charge in [-0.15, -0.1) is 0 Å². The summed E-state index contributed by atoms with van der Waals surface area (Å²) in [7, 11) is -3.63. The van der Waals surface area contributed by atoms with Crippen LogP contribution in [0.4, 0.5) is 5.69 Å². The molecule has 11 heteroatoms. The molecule has 0 atom stereocenters. The van der Waals surface area contributed by atoms with Gasteiger partial charge in [-0.05, 0) is 58.4 Å². The number of rotatable bonds is 4. The van der Waals surface area contributed by atoms with Crippen molar-refractivity contribution in [3.8, 4) is 0 Å². The third-order valence-corrected chi connectivity index (χ3v) is 7.68. The van der Waals surface area contributed by atoms with E-state index in [0.29, 0.717) is 47.4 Å². The van der Waals surface area contributed by atoms with Crippen molar-refractivity contribution >= 4 is 64.4 Å². The zero-order valence-electron chi connectivity index (χ0n) is 15.9. The van der Waals surface area contributed by atoms with Crippen molar-refractivity contribution in [1.29, 1.82) is 0 Å². The van der Waals surface area contributed by atoms with Crippen LogP contribution in [0, 0.1) is 0 Å². The second kappa shape index (κ2) is 8.83. The van der Waals surface area contributed by atoms with Crippen LogP contribution in [0.15, 0.2) is 65.5 Å². The second-order valence-electron chi connectivity index (χ2n) is 6.75. The first-order chi connectivity index (χ1) is 14.8. The molecule has 0 aliphatic carbocycles. The first-order valence-electron chi connectivity index (χ1n) is 9.18. The van der Waals surface area contributed by atoms with Gasteiger partial charge in [0.25, 0.3) is 5.91 Å². The van der Waals surface area contributed by atoms with E-state index in [1.165, 1.54) is 34.6 Å². The van der Waals surface area contributed by atoms with Gasteiger partial charge in [-0.3, -0.25) is 4.79 Å². The highest BCUT2D eigenvalue weighted by Crippen LogP contribution is 2.28. The number of halogens is 2. The summed E-state index contributed by atoms with van der Waals surface area (Å²) in [6.07, 6.45) is 0. The fourth-order valence-electron chi connectivity index (χ4n) is 3.16. The topological polar surface area (TPSA) is 106 Å². The Labute approximate surface area is 194 Å². The van der Waals surface area contributed by atoms with E-state index in [1.54, 1.807) is 12.1 Å². The standard InChI is InChI=1S/C20H16Br2N2O6S/c21-13-9-12-10-16(20(26)30-18(12)17(22)11-13)19(25)23-14-1-3-15(4-2-14)31(27,28)24-5-7-29-8-6-24/h1-4,9-11H,5-8H2,(H,23,25). The molecule has 1 N–H and O–H groups in total. The minimum Gasteiger partial charge on any atom is -0.421 e. The second-order valence-corrected chi connectivity index (χ2v) is 10.5. The SMILES string of the molecule is O=C(Nc1ccc(S(=O)(=O)N2CCOCC2)cc1)c1cc2cc(Br)cc(Br)c2oc1=O. The Bertz CT molecular complexity index is 1320. The van der Waals surface area contributed by atoms with E-state index in [2.05, 4.69) is 37.2 Å². The molecule has 0 spiro atoms. The Balaban J connectivity index is 1.56. The number of carbonyl (C=O) groups excluding carboxylic acids is 1. The molecule has 8 nitrogen and oxygen atoms in total. The summed E-state index contributed by atoms with van der Waals surface area (Å²) in [5.41, 5.74) is -0.259. The average molecular weight is 572 g/mol. The zero-order valence-corrected chi connectivity index (χ0v) is 19.9. The van der Waals surface area contributed by atoms with E-state index in [-0.39, 0.29) is 10.5 Å². The van der Waals surface area contributed by atoms with Gasteiger partial charge in [0.05, 0.1) is 22.6 Å². The van der Waals surface area contributed by atoms with E-state index >= 15 is 0 Å². The molecule has 1 aliphatic rings. The zero-order chi connectivity index (χ0) is 22.2. The summed E-state index contributed by atoms with van der Waals surface area (Å²) in [5, 5.41) is 3.17. The van der Waals surface area contributed by atoms with E-state index in [1.807, 2.05) is 0 Å². The lowest BCUT2D eigenvalue weighted by molar-refractivity contribution is 0.0730. The molecular formula is C20H16Br2N2O6S. The van der Waals surface area contributed by atoms with Crippen LogP contribution < -0.4 is 10.9 Å². The first kappa shape index (κ1) is 22.2. The van der Waals surface area contributed by atoms with Gasteiger partial charge in [-0.1, -0.05) is 15.9 Å². The van der Waals surface area contributed by atoms with E-state index in [0.717, 1.165) is 4.47 Å². The van der Waals surface area contributed by atoms with E-state index in [9.17, 15) is 18.0 Å². The minimum absolute atomic E-state index is 0.118. The lowest BCUT2D eigenvalue weighted by Gasteiger charge is -2.26. The summed E-state index contributed by atoms with van der Waals surface area (Å²) >= 11 is 6.68. The van der Waals surface area contributed by atoms with Crippen LogP contribution in [0.3, 0.4) is 0 Å². The number of nitrogens with zero attached hydrogens (tertiary/aromatic N) is 1. The van der Waals surface area contributed by atoms with Crippen molar-refractivity contribution in [3.63, 3.8) is 0 Å². The Morgan fingerprint density at radius 3 is 2.39 bits per heavy atom. The summed E-state index contributed by atoms with van der Waals surface area (Å²) in [5.74, 6) is -0.657. The fourth-order valence-corrected chi connectivity index (χ4v) is 5.91. The normalized spacial score (nSPS) is 15.2. The monoisotopic (exact) mass is 570 g/mol. The van der Waals surface area contributed by atoms with Crippen LogP contribution in [0.5, 0.6) is 0 Å². The molecule has 4 rings (SSSR count). The third kappa shape index (κ3) is 4.60. The van der Waals surface area contributed by atoms with Crippen LogP contribution in [0.2, 0.25) is 0 Å². The van der Waals surface area contributed by atoms with Gasteiger partial charge in [0.1, 0.15) is 5.56 Å². The molecule has 0 bridgehead atoms. The number of benzene rings is 2. The van der Waals surface area contributed by atoms with Crippen molar-refractivity contribution in [2.45, 2.75) is 4.90 Å². The molecule has 0 saturated carbocycles.